The van der Waals surface area contributed by atoms with Gasteiger partial charge in [0.15, 0.2) is 0 Å². The molecular formula is C36H47N5O6S. The molecule has 0 radical (unpaired) electrons. The summed E-state index contributed by atoms with van der Waals surface area (Å²) < 4.78 is 42.5. The van der Waals surface area contributed by atoms with Crippen LogP contribution in [0.5, 0.6) is 5.75 Å². The summed E-state index contributed by atoms with van der Waals surface area (Å²) in [5.74, 6) is 0.370. The first kappa shape index (κ1) is 33.1. The van der Waals surface area contributed by atoms with Crippen LogP contribution in [0, 0.1) is 5.41 Å². The molecule has 2 amide bonds. The lowest BCUT2D eigenvalue weighted by Crippen LogP contribution is -2.56. The first-order chi connectivity index (χ1) is 22.9. The van der Waals surface area contributed by atoms with E-state index in [1.165, 1.54) is 26.1 Å². The smallest absolute Gasteiger partial charge is 0.303 e. The minimum atomic E-state index is -3.99. The Morgan fingerprint density at radius 2 is 1.77 bits per heavy atom. The molecule has 48 heavy (non-hydrogen) atoms. The molecule has 0 spiro atoms. The van der Waals surface area contributed by atoms with Crippen LogP contribution in [0.25, 0.3) is 22.2 Å². The second-order valence-corrected chi connectivity index (χ2v) is 16.3. The van der Waals surface area contributed by atoms with Gasteiger partial charge < -0.3 is 24.3 Å². The number of rotatable bonds is 6. The number of amides is 2. The average Bonchev–Trinajstić information content (AvgIpc) is 3.60. The molecule has 1 saturated carbocycles. The second kappa shape index (κ2) is 12.5. The second-order valence-electron chi connectivity index (χ2n) is 14.4. The molecule has 4 aliphatic rings. The summed E-state index contributed by atoms with van der Waals surface area (Å²) in [6.07, 6.45) is 5.51. The molecule has 4 heterocycles. The van der Waals surface area contributed by atoms with E-state index in [4.69, 9.17) is 9.47 Å². The lowest BCUT2D eigenvalue weighted by atomic mass is 9.72. The summed E-state index contributed by atoms with van der Waals surface area (Å²) in [6, 6.07) is 11.8. The number of nitrogens with one attached hydrogen (secondary N) is 2. The maximum absolute atomic E-state index is 15.1. The maximum Gasteiger partial charge on any atom is 0.303 e. The highest BCUT2D eigenvalue weighted by Gasteiger charge is 2.55. The number of ether oxygens (including phenoxy) is 2. The molecule has 1 aliphatic carbocycles. The van der Waals surface area contributed by atoms with Gasteiger partial charge in [-0.1, -0.05) is 25.3 Å². The molecule has 2 aromatic carbocycles. The molecule has 258 valence electrons. The van der Waals surface area contributed by atoms with E-state index < -0.39 is 21.5 Å². The van der Waals surface area contributed by atoms with Crippen LogP contribution in [0.4, 0.5) is 0 Å². The van der Waals surface area contributed by atoms with E-state index >= 15 is 4.79 Å². The third-order valence-corrected chi connectivity index (χ3v) is 12.4. The van der Waals surface area contributed by atoms with Gasteiger partial charge >= 0.3 is 10.2 Å². The van der Waals surface area contributed by atoms with Gasteiger partial charge in [-0.25, -0.2) is 4.72 Å². The number of hydrogen-bond acceptors (Lipinski definition) is 7. The lowest BCUT2D eigenvalue weighted by molar-refractivity contribution is -0.154. The zero-order valence-corrected chi connectivity index (χ0v) is 29.4. The topological polar surface area (TPSA) is 122 Å². The molecule has 4 atom stereocenters. The fraction of sp³-hybridized carbons (Fsp3) is 0.556. The molecule has 0 bridgehead atoms. The quantitative estimate of drug-likeness (QED) is 0.401. The molecule has 1 aromatic heterocycles. The van der Waals surface area contributed by atoms with E-state index in [-0.39, 0.29) is 29.6 Å². The standard InChI is InChI=1S/C36H47N5O6S/c1-22-18-40(19-23(2)47-22)35(43)36-20-37-17-30(36)29-16-26(46-5)12-14-27(29)33-32(24-9-7-6-8-10-24)28-13-11-25(15-31(28)41(33)21-36)34(42)38-48(44,45)39(3)4/h11-16,22-24,30,37H,6-10,17-21H2,1-5H3,(H,38,42)/t22-,23+,30?,36?. The average molecular weight is 678 g/mol. The highest BCUT2D eigenvalue weighted by atomic mass is 32.2. The molecule has 3 aliphatic heterocycles. The molecule has 3 aromatic rings. The van der Waals surface area contributed by atoms with E-state index in [1.807, 2.05) is 36.9 Å². The summed E-state index contributed by atoms with van der Waals surface area (Å²) in [4.78, 5) is 30.5. The van der Waals surface area contributed by atoms with Crippen LogP contribution in [0.15, 0.2) is 36.4 Å². The molecule has 7 rings (SSSR count). The molecule has 3 fully saturated rings. The Balaban J connectivity index is 1.47. The normalized spacial score (nSPS) is 26.1. The number of hydrogen-bond donors (Lipinski definition) is 2. The van der Waals surface area contributed by atoms with Gasteiger partial charge in [-0.05, 0) is 74.1 Å². The number of morpholine rings is 1. The van der Waals surface area contributed by atoms with E-state index in [2.05, 4.69) is 26.7 Å². The molecule has 12 heteroatoms. The van der Waals surface area contributed by atoms with E-state index in [1.54, 1.807) is 13.2 Å². The van der Waals surface area contributed by atoms with E-state index in [0.717, 1.165) is 63.5 Å². The third-order valence-electron chi connectivity index (χ3n) is 11.0. The first-order valence-corrected chi connectivity index (χ1v) is 18.6. The Hall–Kier alpha value is -3.45. The summed E-state index contributed by atoms with van der Waals surface area (Å²) >= 11 is 0. The van der Waals surface area contributed by atoms with Gasteiger partial charge in [0.1, 0.15) is 5.75 Å². The number of aromatic nitrogens is 1. The van der Waals surface area contributed by atoms with Crippen molar-refractivity contribution in [1.29, 1.82) is 0 Å². The predicted molar refractivity (Wildman–Crippen MR) is 184 cm³/mol. The summed E-state index contributed by atoms with van der Waals surface area (Å²) in [7, 11) is 0.450. The zero-order chi connectivity index (χ0) is 34.0. The van der Waals surface area contributed by atoms with E-state index in [9.17, 15) is 13.2 Å². The van der Waals surface area contributed by atoms with Gasteiger partial charge in [0.25, 0.3) is 5.91 Å². The number of nitrogens with zero attached hydrogens (tertiary/aromatic N) is 3. The molecule has 2 saturated heterocycles. The van der Waals surface area contributed by atoms with Crippen molar-refractivity contribution < 1.29 is 27.5 Å². The fourth-order valence-electron chi connectivity index (χ4n) is 8.78. The maximum atomic E-state index is 15.1. The van der Waals surface area contributed by atoms with Crippen LogP contribution in [0.3, 0.4) is 0 Å². The molecule has 11 nitrogen and oxygen atoms in total. The van der Waals surface area contributed by atoms with Crippen LogP contribution in [-0.4, -0.2) is 93.6 Å². The first-order valence-electron chi connectivity index (χ1n) is 17.2. The third kappa shape index (κ3) is 5.50. The Bertz CT molecular complexity index is 1860. The van der Waals surface area contributed by atoms with Gasteiger partial charge in [-0.3, -0.25) is 9.59 Å². The zero-order valence-electron chi connectivity index (χ0n) is 28.5. The minimum absolute atomic E-state index is 0.0690. The van der Waals surface area contributed by atoms with Crippen molar-refractivity contribution in [3.63, 3.8) is 0 Å². The van der Waals surface area contributed by atoms with Gasteiger partial charge in [-0.15, -0.1) is 0 Å². The van der Waals surface area contributed by atoms with Crippen LogP contribution >= 0.6 is 0 Å². The number of methoxy groups -OCH3 is 1. The molecule has 2 unspecified atom stereocenters. The highest BCUT2D eigenvalue weighted by molar-refractivity contribution is 7.87. The number of carbonyl (C=O) groups excluding carboxylic acids is 2. The number of benzene rings is 2. The SMILES string of the molecule is COc1ccc2c(c1)C1CNCC1(C(=O)N1C[C@@H](C)O[C@@H](C)C1)Cn1c-2c(C2CCCCC2)c2ccc(C(=O)NS(=O)(=O)N(C)C)cc21. The van der Waals surface area contributed by atoms with Crippen molar-refractivity contribution in [2.75, 3.05) is 47.4 Å². The van der Waals surface area contributed by atoms with Crippen molar-refractivity contribution in [1.82, 2.24) is 23.8 Å². The Labute approximate surface area is 283 Å². The lowest BCUT2D eigenvalue weighted by Gasteiger charge is -2.42. The van der Waals surface area contributed by atoms with Gasteiger partial charge in [0, 0.05) is 74.8 Å². The number of fused-ring (bicyclic) bond motifs is 7. The number of carbonyl (C=O) groups is 2. The van der Waals surface area contributed by atoms with Crippen LogP contribution in [0.1, 0.15) is 79.3 Å². The monoisotopic (exact) mass is 677 g/mol. The van der Waals surface area contributed by atoms with Crippen LogP contribution < -0.4 is 14.8 Å². The van der Waals surface area contributed by atoms with Gasteiger partial charge in [0.05, 0.1) is 30.4 Å². The Morgan fingerprint density at radius 3 is 2.46 bits per heavy atom. The van der Waals surface area contributed by atoms with Crippen molar-refractivity contribution in [2.45, 2.75) is 76.5 Å². The summed E-state index contributed by atoms with van der Waals surface area (Å²) in [5.41, 5.74) is 4.81. The van der Waals surface area contributed by atoms with Crippen molar-refractivity contribution >= 4 is 32.9 Å². The summed E-state index contributed by atoms with van der Waals surface area (Å²) in [5, 5.41) is 4.65. The van der Waals surface area contributed by atoms with Crippen LogP contribution in [-0.2, 0) is 26.3 Å². The van der Waals surface area contributed by atoms with Gasteiger partial charge in [0.2, 0.25) is 5.91 Å². The molecule has 2 N–H and O–H groups in total. The highest BCUT2D eigenvalue weighted by Crippen LogP contribution is 2.54. The summed E-state index contributed by atoms with van der Waals surface area (Å²) in [6.45, 7) is 6.66. The Morgan fingerprint density at radius 1 is 1.04 bits per heavy atom. The van der Waals surface area contributed by atoms with Crippen molar-refractivity contribution in [2.24, 2.45) is 5.41 Å². The van der Waals surface area contributed by atoms with Crippen LogP contribution in [0.2, 0.25) is 0 Å². The predicted octanol–water partition coefficient (Wildman–Crippen LogP) is 4.22. The molecular weight excluding hydrogens is 630 g/mol. The van der Waals surface area contributed by atoms with E-state index in [0.29, 0.717) is 38.6 Å². The van der Waals surface area contributed by atoms with Gasteiger partial charge in [-0.2, -0.15) is 12.7 Å². The fourth-order valence-corrected chi connectivity index (χ4v) is 9.32. The minimum Gasteiger partial charge on any atom is -0.497 e. The Kier molecular flexibility index (Phi) is 8.58. The largest absolute Gasteiger partial charge is 0.497 e. The van der Waals surface area contributed by atoms with Crippen molar-refractivity contribution in [3.8, 4) is 17.0 Å². The van der Waals surface area contributed by atoms with Crippen molar-refractivity contribution in [3.05, 3.63) is 53.1 Å².